The maximum absolute atomic E-state index is 14.1. The predicted octanol–water partition coefficient (Wildman–Crippen LogP) is 3.56. The van der Waals surface area contributed by atoms with Crippen LogP contribution in [0.2, 0.25) is 0 Å². The Morgan fingerprint density at radius 1 is 1.21 bits per heavy atom. The lowest BCUT2D eigenvalue weighted by Crippen LogP contribution is -2.34. The number of carbonyl (C=O) groups is 1. The largest absolute Gasteiger partial charge is 0.508 e. The summed E-state index contributed by atoms with van der Waals surface area (Å²) in [5.41, 5.74) is -0.194. The molecule has 1 atom stereocenters. The van der Waals surface area contributed by atoms with Crippen molar-refractivity contribution in [3.05, 3.63) is 65.2 Å². The van der Waals surface area contributed by atoms with Crippen LogP contribution < -0.4 is 10.9 Å². The Balaban J connectivity index is 1.79. The van der Waals surface area contributed by atoms with Crippen LogP contribution in [0.25, 0.3) is 11.0 Å². The molecule has 4 rings (SSSR count). The van der Waals surface area contributed by atoms with Gasteiger partial charge in [0.2, 0.25) is 5.55 Å². The molecule has 29 heavy (non-hydrogen) atoms. The van der Waals surface area contributed by atoms with E-state index in [9.17, 15) is 18.7 Å². The number of amides is 1. The van der Waals surface area contributed by atoms with Crippen LogP contribution in [0, 0.1) is 11.6 Å². The van der Waals surface area contributed by atoms with Crippen molar-refractivity contribution < 1.29 is 27.8 Å². The Kier molecular flexibility index (Phi) is 5.26. The number of halogens is 2. The molecule has 0 radical (unpaired) electrons. The van der Waals surface area contributed by atoms with Crippen LogP contribution in [0.5, 0.6) is 5.75 Å². The lowest BCUT2D eigenvalue weighted by atomic mass is 10.1. The highest BCUT2D eigenvalue weighted by atomic mass is 19.1. The van der Waals surface area contributed by atoms with Crippen LogP contribution in [-0.4, -0.2) is 30.3 Å². The van der Waals surface area contributed by atoms with Gasteiger partial charge in [0.1, 0.15) is 34.2 Å². The van der Waals surface area contributed by atoms with E-state index in [1.807, 2.05) is 0 Å². The highest BCUT2D eigenvalue weighted by Crippen LogP contribution is 2.22. The lowest BCUT2D eigenvalue weighted by molar-refractivity contribution is 0.0854. The van der Waals surface area contributed by atoms with Gasteiger partial charge in [-0.1, -0.05) is 0 Å². The Labute approximate surface area is 164 Å². The molecule has 1 aliphatic heterocycles. The van der Waals surface area contributed by atoms with Gasteiger partial charge in [0.05, 0.1) is 6.10 Å². The zero-order valence-corrected chi connectivity index (χ0v) is 15.3. The lowest BCUT2D eigenvalue weighted by Gasteiger charge is -2.11. The Morgan fingerprint density at radius 2 is 2.07 bits per heavy atom. The number of phenolic OH excluding ortho intramolecular Hbond substituents is 1. The standard InChI is InChI=1S/C21H18F2N2O4/c22-13-4-6-17(23)18(9-13)25-21-16(20(27)24-11-15-2-1-7-28-15)8-12-3-5-14(26)10-19(12)29-21/h3-6,8-10,15,26H,1-2,7,11H2,(H,24,27). The molecule has 2 heterocycles. The summed E-state index contributed by atoms with van der Waals surface area (Å²) in [5, 5.41) is 13.0. The van der Waals surface area contributed by atoms with Crippen LogP contribution in [0.15, 0.2) is 51.9 Å². The summed E-state index contributed by atoms with van der Waals surface area (Å²) in [4.78, 5) is 16.8. The second kappa shape index (κ2) is 8.00. The van der Waals surface area contributed by atoms with Gasteiger partial charge in [-0.2, -0.15) is 0 Å². The van der Waals surface area contributed by atoms with Crippen molar-refractivity contribution in [2.45, 2.75) is 18.9 Å². The van der Waals surface area contributed by atoms with Crippen LogP contribution in [0.3, 0.4) is 0 Å². The highest BCUT2D eigenvalue weighted by Gasteiger charge is 2.19. The topological polar surface area (TPSA) is 84.1 Å². The van der Waals surface area contributed by atoms with Gasteiger partial charge in [0.15, 0.2) is 0 Å². The van der Waals surface area contributed by atoms with Crippen molar-refractivity contribution in [3.63, 3.8) is 0 Å². The van der Waals surface area contributed by atoms with E-state index in [0.717, 1.165) is 31.0 Å². The number of carbonyl (C=O) groups excluding carboxylic acids is 1. The number of phenols is 1. The van der Waals surface area contributed by atoms with Crippen molar-refractivity contribution in [2.75, 3.05) is 13.2 Å². The summed E-state index contributed by atoms with van der Waals surface area (Å²) >= 11 is 0. The number of aromatic hydroxyl groups is 1. The summed E-state index contributed by atoms with van der Waals surface area (Å²) in [6.45, 7) is 0.981. The number of nitrogens with one attached hydrogen (secondary N) is 1. The molecule has 0 saturated carbocycles. The first-order chi connectivity index (χ1) is 14.0. The zero-order chi connectivity index (χ0) is 20.4. The maximum atomic E-state index is 14.1. The summed E-state index contributed by atoms with van der Waals surface area (Å²) in [7, 11) is 0. The van der Waals surface area contributed by atoms with Crippen molar-refractivity contribution in [1.29, 1.82) is 0 Å². The quantitative estimate of drug-likeness (QED) is 0.702. The van der Waals surface area contributed by atoms with Crippen molar-refractivity contribution in [3.8, 4) is 5.75 Å². The maximum Gasteiger partial charge on any atom is 0.256 e. The third-order valence-electron chi connectivity index (χ3n) is 4.62. The molecule has 2 aromatic carbocycles. The van der Waals surface area contributed by atoms with Gasteiger partial charge < -0.3 is 19.6 Å². The second-order valence-electron chi connectivity index (χ2n) is 6.74. The molecule has 2 N–H and O–H groups in total. The number of hydrogen-bond acceptors (Lipinski definition) is 5. The SMILES string of the molecule is O=C(NCC1CCCO1)c1cc2ccc(O)cc2oc1=Nc1cc(F)ccc1F. The van der Waals surface area contributed by atoms with Crippen molar-refractivity contribution in [1.82, 2.24) is 5.32 Å². The molecular weight excluding hydrogens is 382 g/mol. The number of ether oxygens (including phenoxy) is 1. The smallest absolute Gasteiger partial charge is 0.256 e. The summed E-state index contributed by atoms with van der Waals surface area (Å²) < 4.78 is 38.7. The third-order valence-corrected chi connectivity index (χ3v) is 4.62. The molecule has 1 amide bonds. The molecule has 0 bridgehead atoms. The van der Waals surface area contributed by atoms with Gasteiger partial charge in [-0.25, -0.2) is 13.8 Å². The Bertz CT molecular complexity index is 1140. The summed E-state index contributed by atoms with van der Waals surface area (Å²) in [6, 6.07) is 8.74. The number of hydrogen-bond donors (Lipinski definition) is 2. The van der Waals surface area contributed by atoms with E-state index in [1.54, 1.807) is 6.07 Å². The molecule has 1 aliphatic rings. The van der Waals surface area contributed by atoms with Gasteiger partial charge in [-0.05, 0) is 43.2 Å². The molecule has 1 unspecified atom stereocenters. The Hall–Kier alpha value is -3.26. The van der Waals surface area contributed by atoms with Gasteiger partial charge in [-0.3, -0.25) is 4.79 Å². The molecular formula is C21H18F2N2O4. The van der Waals surface area contributed by atoms with E-state index in [4.69, 9.17) is 9.15 Å². The van der Waals surface area contributed by atoms with Gasteiger partial charge in [-0.15, -0.1) is 0 Å². The van der Waals surface area contributed by atoms with Crippen LogP contribution in [0.1, 0.15) is 23.2 Å². The van der Waals surface area contributed by atoms with Crippen LogP contribution >= 0.6 is 0 Å². The van der Waals surface area contributed by atoms with Crippen molar-refractivity contribution >= 4 is 22.6 Å². The summed E-state index contributed by atoms with van der Waals surface area (Å²) in [5.74, 6) is -1.95. The average Bonchev–Trinajstić information content (AvgIpc) is 3.22. The fourth-order valence-corrected chi connectivity index (χ4v) is 3.14. The molecule has 6 nitrogen and oxygen atoms in total. The molecule has 8 heteroatoms. The van der Waals surface area contributed by atoms with E-state index in [2.05, 4.69) is 10.3 Å². The number of rotatable bonds is 4. The van der Waals surface area contributed by atoms with E-state index in [0.29, 0.717) is 18.5 Å². The highest BCUT2D eigenvalue weighted by molar-refractivity contribution is 5.96. The number of benzene rings is 2. The molecule has 3 aromatic rings. The molecule has 0 spiro atoms. The number of fused-ring (bicyclic) bond motifs is 1. The van der Waals surface area contributed by atoms with Crippen LogP contribution in [0.4, 0.5) is 14.5 Å². The van der Waals surface area contributed by atoms with Gasteiger partial charge in [0.25, 0.3) is 5.91 Å². The average molecular weight is 400 g/mol. The zero-order valence-electron chi connectivity index (χ0n) is 15.3. The first-order valence-electron chi connectivity index (χ1n) is 9.16. The van der Waals surface area contributed by atoms with Crippen molar-refractivity contribution in [2.24, 2.45) is 4.99 Å². The van der Waals surface area contributed by atoms with E-state index >= 15 is 0 Å². The van der Waals surface area contributed by atoms with E-state index in [-0.39, 0.29) is 34.2 Å². The molecule has 1 fully saturated rings. The first kappa shape index (κ1) is 19.1. The molecule has 1 saturated heterocycles. The Morgan fingerprint density at radius 3 is 2.86 bits per heavy atom. The number of nitrogens with zero attached hydrogens (tertiary/aromatic N) is 1. The fourth-order valence-electron chi connectivity index (χ4n) is 3.14. The molecule has 1 aromatic heterocycles. The minimum Gasteiger partial charge on any atom is -0.508 e. The second-order valence-corrected chi connectivity index (χ2v) is 6.74. The molecule has 150 valence electrons. The van der Waals surface area contributed by atoms with E-state index < -0.39 is 17.5 Å². The first-order valence-corrected chi connectivity index (χ1v) is 9.16. The van der Waals surface area contributed by atoms with Crippen LogP contribution in [-0.2, 0) is 4.74 Å². The van der Waals surface area contributed by atoms with Gasteiger partial charge in [0, 0.05) is 30.7 Å². The van der Waals surface area contributed by atoms with Gasteiger partial charge >= 0.3 is 0 Å². The minimum absolute atomic E-state index is 0.0419. The third kappa shape index (κ3) is 4.27. The monoisotopic (exact) mass is 400 g/mol. The molecule has 0 aliphatic carbocycles. The predicted molar refractivity (Wildman–Crippen MR) is 101 cm³/mol. The van der Waals surface area contributed by atoms with E-state index in [1.165, 1.54) is 18.2 Å². The minimum atomic E-state index is -0.761. The fraction of sp³-hybridized carbons (Fsp3) is 0.238. The summed E-state index contributed by atoms with van der Waals surface area (Å²) in [6.07, 6.45) is 1.73. The normalized spacial score (nSPS) is 17.0.